The van der Waals surface area contributed by atoms with E-state index in [1.54, 1.807) is 42.7 Å². The first-order chi connectivity index (χ1) is 9.72. The monoisotopic (exact) mass is 265 g/mol. The number of hydrogen-bond donors (Lipinski definition) is 2. The quantitative estimate of drug-likeness (QED) is 0.737. The van der Waals surface area contributed by atoms with Gasteiger partial charge in [-0.2, -0.15) is 0 Å². The zero-order chi connectivity index (χ0) is 13.9. The Hall–Kier alpha value is -3.02. The van der Waals surface area contributed by atoms with Crippen molar-refractivity contribution in [3.05, 3.63) is 54.5 Å². The van der Waals surface area contributed by atoms with E-state index in [9.17, 15) is 4.79 Å². The van der Waals surface area contributed by atoms with E-state index in [2.05, 4.69) is 20.3 Å². The number of fused-ring (bicyclic) bond motifs is 1. The number of carbonyl (C=O) groups excluding carboxylic acids is 1. The number of amides is 1. The summed E-state index contributed by atoms with van der Waals surface area (Å²) in [5.74, 6) is 0.174. The lowest BCUT2D eigenvalue weighted by molar-refractivity contribution is 0.102. The van der Waals surface area contributed by atoms with Crippen LogP contribution in [0.1, 0.15) is 10.4 Å². The molecule has 1 aromatic carbocycles. The molecule has 0 radical (unpaired) electrons. The first-order valence-corrected chi connectivity index (χ1v) is 5.96. The summed E-state index contributed by atoms with van der Waals surface area (Å²) in [5, 5.41) is 2.74. The van der Waals surface area contributed by atoms with Gasteiger partial charge in [-0.15, -0.1) is 0 Å². The van der Waals surface area contributed by atoms with Gasteiger partial charge in [-0.1, -0.05) is 0 Å². The second-order valence-corrected chi connectivity index (χ2v) is 4.19. The van der Waals surface area contributed by atoms with E-state index in [0.29, 0.717) is 22.6 Å². The average molecular weight is 265 g/mol. The number of anilines is 2. The van der Waals surface area contributed by atoms with Crippen molar-refractivity contribution >= 4 is 28.4 Å². The molecule has 0 aliphatic carbocycles. The molecule has 3 aromatic rings. The maximum atomic E-state index is 12.1. The van der Waals surface area contributed by atoms with Gasteiger partial charge in [0.15, 0.2) is 0 Å². The number of pyridine rings is 1. The van der Waals surface area contributed by atoms with Crippen LogP contribution in [0.4, 0.5) is 11.5 Å². The largest absolute Gasteiger partial charge is 0.384 e. The van der Waals surface area contributed by atoms with E-state index in [4.69, 9.17) is 5.73 Å². The van der Waals surface area contributed by atoms with E-state index < -0.39 is 0 Å². The lowest BCUT2D eigenvalue weighted by Gasteiger charge is -2.05. The Labute approximate surface area is 114 Å². The Morgan fingerprint density at radius 1 is 1.00 bits per heavy atom. The van der Waals surface area contributed by atoms with Crippen LogP contribution in [0, 0.1) is 0 Å². The SMILES string of the molecule is Nc1ccc(NC(=O)c2ccc3nccnc3c2)cn1. The summed E-state index contributed by atoms with van der Waals surface area (Å²) in [6.45, 7) is 0. The maximum Gasteiger partial charge on any atom is 0.255 e. The molecule has 0 spiro atoms. The predicted molar refractivity (Wildman–Crippen MR) is 76.1 cm³/mol. The van der Waals surface area contributed by atoms with Crippen LogP contribution in [0.2, 0.25) is 0 Å². The van der Waals surface area contributed by atoms with E-state index in [-0.39, 0.29) is 5.91 Å². The van der Waals surface area contributed by atoms with Crippen LogP contribution in [-0.4, -0.2) is 20.9 Å². The Morgan fingerprint density at radius 3 is 2.55 bits per heavy atom. The van der Waals surface area contributed by atoms with E-state index >= 15 is 0 Å². The van der Waals surface area contributed by atoms with Gasteiger partial charge in [-0.25, -0.2) is 4.98 Å². The van der Waals surface area contributed by atoms with Crippen LogP contribution in [-0.2, 0) is 0 Å². The molecule has 0 saturated carbocycles. The van der Waals surface area contributed by atoms with Gasteiger partial charge in [0.05, 0.1) is 22.9 Å². The fraction of sp³-hybridized carbons (Fsp3) is 0. The smallest absolute Gasteiger partial charge is 0.255 e. The number of nitrogens with two attached hydrogens (primary N) is 1. The van der Waals surface area contributed by atoms with Crippen LogP contribution < -0.4 is 11.1 Å². The Bertz CT molecular complexity index is 770. The molecule has 3 rings (SSSR count). The Morgan fingerprint density at radius 2 is 1.80 bits per heavy atom. The molecule has 0 saturated heterocycles. The van der Waals surface area contributed by atoms with E-state index in [1.807, 2.05) is 0 Å². The molecular weight excluding hydrogens is 254 g/mol. The van der Waals surface area contributed by atoms with Crippen molar-refractivity contribution in [2.75, 3.05) is 11.1 Å². The van der Waals surface area contributed by atoms with Gasteiger partial charge in [-0.3, -0.25) is 14.8 Å². The highest BCUT2D eigenvalue weighted by Gasteiger charge is 2.07. The minimum Gasteiger partial charge on any atom is -0.384 e. The third kappa shape index (κ3) is 2.39. The highest BCUT2D eigenvalue weighted by molar-refractivity contribution is 6.05. The Kier molecular flexibility index (Phi) is 2.96. The van der Waals surface area contributed by atoms with Crippen LogP contribution in [0.3, 0.4) is 0 Å². The molecule has 0 aliphatic heterocycles. The van der Waals surface area contributed by atoms with Gasteiger partial charge in [-0.05, 0) is 30.3 Å². The maximum absolute atomic E-state index is 12.1. The van der Waals surface area contributed by atoms with Crippen LogP contribution >= 0.6 is 0 Å². The summed E-state index contributed by atoms with van der Waals surface area (Å²) in [6, 6.07) is 8.49. The molecule has 20 heavy (non-hydrogen) atoms. The summed E-state index contributed by atoms with van der Waals surface area (Å²) in [7, 11) is 0. The van der Waals surface area contributed by atoms with Crippen molar-refractivity contribution in [1.29, 1.82) is 0 Å². The van der Waals surface area contributed by atoms with Gasteiger partial charge in [0.2, 0.25) is 0 Å². The standard InChI is InChI=1S/C14H11N5O/c15-13-4-2-10(8-18-13)19-14(20)9-1-3-11-12(7-9)17-6-5-16-11/h1-8H,(H2,15,18)(H,19,20). The highest BCUT2D eigenvalue weighted by Crippen LogP contribution is 2.13. The van der Waals surface area contributed by atoms with E-state index in [0.717, 1.165) is 5.52 Å². The highest BCUT2D eigenvalue weighted by atomic mass is 16.1. The second-order valence-electron chi connectivity index (χ2n) is 4.19. The summed E-state index contributed by atoms with van der Waals surface area (Å²) in [5.41, 5.74) is 8.01. The molecule has 0 atom stereocenters. The fourth-order valence-corrected chi connectivity index (χ4v) is 1.79. The summed E-state index contributed by atoms with van der Waals surface area (Å²) < 4.78 is 0. The van der Waals surface area contributed by atoms with Crippen molar-refractivity contribution in [3.63, 3.8) is 0 Å². The van der Waals surface area contributed by atoms with Crippen LogP contribution in [0.15, 0.2) is 48.9 Å². The van der Waals surface area contributed by atoms with Gasteiger partial charge in [0.25, 0.3) is 5.91 Å². The summed E-state index contributed by atoms with van der Waals surface area (Å²) in [6.07, 6.45) is 4.71. The fourth-order valence-electron chi connectivity index (χ4n) is 1.79. The molecular formula is C14H11N5O. The Balaban J connectivity index is 1.86. The van der Waals surface area contributed by atoms with Gasteiger partial charge in [0.1, 0.15) is 5.82 Å². The lowest BCUT2D eigenvalue weighted by atomic mass is 10.2. The molecule has 6 nitrogen and oxygen atoms in total. The van der Waals surface area contributed by atoms with Gasteiger partial charge < -0.3 is 11.1 Å². The summed E-state index contributed by atoms with van der Waals surface area (Å²) in [4.78, 5) is 24.4. The van der Waals surface area contributed by atoms with Crippen molar-refractivity contribution in [3.8, 4) is 0 Å². The lowest BCUT2D eigenvalue weighted by Crippen LogP contribution is -2.12. The minimum atomic E-state index is -0.232. The van der Waals surface area contributed by atoms with E-state index in [1.165, 1.54) is 6.20 Å². The van der Waals surface area contributed by atoms with Gasteiger partial charge in [0, 0.05) is 18.0 Å². The number of hydrogen-bond acceptors (Lipinski definition) is 5. The molecule has 0 unspecified atom stereocenters. The molecule has 2 aromatic heterocycles. The van der Waals surface area contributed by atoms with Crippen molar-refractivity contribution < 1.29 is 4.79 Å². The van der Waals surface area contributed by atoms with Gasteiger partial charge >= 0.3 is 0 Å². The molecule has 0 aliphatic rings. The number of rotatable bonds is 2. The minimum absolute atomic E-state index is 0.232. The number of aromatic nitrogens is 3. The zero-order valence-corrected chi connectivity index (χ0v) is 10.4. The average Bonchev–Trinajstić information content (AvgIpc) is 2.49. The topological polar surface area (TPSA) is 93.8 Å². The molecule has 1 amide bonds. The molecule has 0 bridgehead atoms. The molecule has 0 fully saturated rings. The number of nitrogens with one attached hydrogen (secondary N) is 1. The summed E-state index contributed by atoms with van der Waals surface area (Å²) >= 11 is 0. The van der Waals surface area contributed by atoms with Crippen molar-refractivity contribution in [2.45, 2.75) is 0 Å². The third-order valence-corrected chi connectivity index (χ3v) is 2.78. The molecule has 3 N–H and O–H groups in total. The first kappa shape index (κ1) is 12.0. The first-order valence-electron chi connectivity index (χ1n) is 5.96. The number of benzene rings is 1. The predicted octanol–water partition coefficient (Wildman–Crippen LogP) is 1.86. The third-order valence-electron chi connectivity index (χ3n) is 2.78. The molecule has 6 heteroatoms. The van der Waals surface area contributed by atoms with Crippen molar-refractivity contribution in [2.24, 2.45) is 0 Å². The molecule has 98 valence electrons. The normalized spacial score (nSPS) is 10.4. The van der Waals surface area contributed by atoms with Crippen molar-refractivity contribution in [1.82, 2.24) is 15.0 Å². The number of nitrogen functional groups attached to an aromatic ring is 1. The van der Waals surface area contributed by atoms with Crippen LogP contribution in [0.25, 0.3) is 11.0 Å². The number of carbonyl (C=O) groups is 1. The molecule has 2 heterocycles. The van der Waals surface area contributed by atoms with Crippen LogP contribution in [0.5, 0.6) is 0 Å². The number of nitrogens with zero attached hydrogens (tertiary/aromatic N) is 3. The second kappa shape index (κ2) is 4.93. The zero-order valence-electron chi connectivity index (χ0n) is 10.4.